The second-order valence-corrected chi connectivity index (χ2v) is 9.34. The Labute approximate surface area is 200 Å². The normalized spacial score (nSPS) is 13.5. The number of anilines is 1. The fourth-order valence-electron chi connectivity index (χ4n) is 3.38. The molecule has 2 aromatic heterocycles. The predicted molar refractivity (Wildman–Crippen MR) is 125 cm³/mol. The summed E-state index contributed by atoms with van der Waals surface area (Å²) in [5.41, 5.74) is -0.280. The molecule has 11 nitrogen and oxygen atoms in total. The van der Waals surface area contributed by atoms with E-state index >= 15 is 0 Å². The highest BCUT2D eigenvalue weighted by Crippen LogP contribution is 2.33. The van der Waals surface area contributed by atoms with Crippen molar-refractivity contribution in [3.05, 3.63) is 61.8 Å². The maximum absolute atomic E-state index is 12.8. The summed E-state index contributed by atoms with van der Waals surface area (Å²) in [4.78, 5) is 66.8. The van der Waals surface area contributed by atoms with E-state index in [0.29, 0.717) is 12.2 Å². The Morgan fingerprint density at radius 3 is 2.68 bits per heavy atom. The van der Waals surface area contributed by atoms with Crippen molar-refractivity contribution in [2.45, 2.75) is 26.4 Å². The second kappa shape index (κ2) is 9.11. The lowest BCUT2D eigenvalue weighted by Crippen LogP contribution is -2.45. The lowest BCUT2D eigenvalue weighted by molar-refractivity contribution is -0.385. The Hall–Kier alpha value is -3.97. The van der Waals surface area contributed by atoms with Crippen LogP contribution in [0.2, 0.25) is 0 Å². The van der Waals surface area contributed by atoms with Gasteiger partial charge >= 0.3 is 0 Å². The topological polar surface area (TPSA) is 152 Å². The summed E-state index contributed by atoms with van der Waals surface area (Å²) >= 11 is 2.62. The maximum Gasteiger partial charge on any atom is 0.282 e. The van der Waals surface area contributed by atoms with Crippen molar-refractivity contribution in [3.8, 4) is 10.6 Å². The number of thiazole rings is 1. The van der Waals surface area contributed by atoms with E-state index in [4.69, 9.17) is 0 Å². The zero-order valence-electron chi connectivity index (χ0n) is 17.9. The van der Waals surface area contributed by atoms with Gasteiger partial charge in [0.2, 0.25) is 11.8 Å². The van der Waals surface area contributed by atoms with Gasteiger partial charge in [-0.2, -0.15) is 0 Å². The monoisotopic (exact) mass is 499 g/mol. The molecule has 1 atom stereocenters. The average Bonchev–Trinajstić information content (AvgIpc) is 3.51. The molecule has 0 saturated heterocycles. The van der Waals surface area contributed by atoms with Crippen LogP contribution in [0.3, 0.4) is 0 Å². The molecule has 2 N–H and O–H groups in total. The van der Waals surface area contributed by atoms with Crippen molar-refractivity contribution < 1.29 is 24.1 Å². The Morgan fingerprint density at radius 1 is 1.21 bits per heavy atom. The molecule has 0 saturated carbocycles. The van der Waals surface area contributed by atoms with Gasteiger partial charge in [-0.3, -0.25) is 34.2 Å². The molecule has 1 unspecified atom stereocenters. The summed E-state index contributed by atoms with van der Waals surface area (Å²) < 4.78 is 0. The average molecular weight is 500 g/mol. The highest BCUT2D eigenvalue weighted by molar-refractivity contribution is 7.17. The van der Waals surface area contributed by atoms with Crippen LogP contribution in [0.15, 0.2) is 35.7 Å². The van der Waals surface area contributed by atoms with Crippen LogP contribution in [-0.2, 0) is 16.1 Å². The summed E-state index contributed by atoms with van der Waals surface area (Å²) in [6.07, 6.45) is 0. The first-order valence-electron chi connectivity index (χ1n) is 9.92. The molecule has 1 aromatic carbocycles. The van der Waals surface area contributed by atoms with Gasteiger partial charge in [-0.15, -0.1) is 22.7 Å². The van der Waals surface area contributed by atoms with Gasteiger partial charge in [-0.1, -0.05) is 6.07 Å². The van der Waals surface area contributed by atoms with Crippen LogP contribution in [0.5, 0.6) is 0 Å². The van der Waals surface area contributed by atoms with Crippen LogP contribution < -0.4 is 10.6 Å². The summed E-state index contributed by atoms with van der Waals surface area (Å²) in [6.45, 7) is 3.21. The van der Waals surface area contributed by atoms with Crippen LogP contribution in [0, 0.1) is 10.1 Å². The Bertz CT molecular complexity index is 1350. The molecule has 1 aliphatic heterocycles. The van der Waals surface area contributed by atoms with Gasteiger partial charge in [0.05, 0.1) is 27.6 Å². The molecule has 0 aliphatic carbocycles. The van der Waals surface area contributed by atoms with E-state index in [1.165, 1.54) is 48.7 Å². The van der Waals surface area contributed by atoms with Crippen molar-refractivity contribution in [2.24, 2.45) is 0 Å². The summed E-state index contributed by atoms with van der Waals surface area (Å²) in [6, 6.07) is 6.29. The van der Waals surface area contributed by atoms with E-state index in [1.807, 2.05) is 12.1 Å². The molecule has 3 heterocycles. The molecule has 34 heavy (non-hydrogen) atoms. The van der Waals surface area contributed by atoms with Gasteiger partial charge < -0.3 is 10.6 Å². The van der Waals surface area contributed by atoms with Gasteiger partial charge in [-0.05, 0) is 25.1 Å². The summed E-state index contributed by atoms with van der Waals surface area (Å²) in [5.74, 6) is -2.44. The van der Waals surface area contributed by atoms with E-state index in [9.17, 15) is 29.3 Å². The van der Waals surface area contributed by atoms with Gasteiger partial charge in [0.1, 0.15) is 11.6 Å². The molecule has 13 heteroatoms. The SMILES string of the molecule is CC(=O)NCc1ccc(-c2csc(NC(=O)C(C)N3C(=O)c4cccc([N+](=O)[O-])c4C3=O)n2)s1. The zero-order valence-corrected chi connectivity index (χ0v) is 19.5. The second-order valence-electron chi connectivity index (χ2n) is 7.32. The number of hydrogen-bond donors (Lipinski definition) is 2. The van der Waals surface area contributed by atoms with Crippen molar-refractivity contribution in [1.82, 2.24) is 15.2 Å². The lowest BCUT2D eigenvalue weighted by Gasteiger charge is -2.20. The van der Waals surface area contributed by atoms with Gasteiger partial charge in [0, 0.05) is 23.2 Å². The fraction of sp³-hybridized carbons (Fsp3) is 0.190. The van der Waals surface area contributed by atoms with Crippen LogP contribution in [-0.4, -0.2) is 44.5 Å². The number of rotatable bonds is 7. The molecule has 4 rings (SSSR count). The first kappa shape index (κ1) is 23.2. The summed E-state index contributed by atoms with van der Waals surface area (Å²) in [5, 5.41) is 18.6. The quantitative estimate of drug-likeness (QED) is 0.288. The number of imide groups is 1. The largest absolute Gasteiger partial charge is 0.351 e. The smallest absolute Gasteiger partial charge is 0.282 e. The third-order valence-electron chi connectivity index (χ3n) is 5.05. The van der Waals surface area contributed by atoms with Crippen molar-refractivity contribution >= 4 is 57.1 Å². The number of carbonyl (C=O) groups is 4. The third kappa shape index (κ3) is 4.30. The fourth-order valence-corrected chi connectivity index (χ4v) is 5.08. The van der Waals surface area contributed by atoms with Crippen LogP contribution in [0.4, 0.5) is 10.8 Å². The van der Waals surface area contributed by atoms with Crippen molar-refractivity contribution in [1.29, 1.82) is 0 Å². The minimum atomic E-state index is -1.22. The molecular weight excluding hydrogens is 482 g/mol. The highest BCUT2D eigenvalue weighted by Gasteiger charge is 2.44. The molecule has 174 valence electrons. The van der Waals surface area contributed by atoms with Gasteiger partial charge in [0.15, 0.2) is 5.13 Å². The van der Waals surface area contributed by atoms with Crippen LogP contribution in [0.25, 0.3) is 10.6 Å². The molecule has 0 bridgehead atoms. The van der Waals surface area contributed by atoms with E-state index in [1.54, 1.807) is 5.38 Å². The van der Waals surface area contributed by atoms with Crippen molar-refractivity contribution in [2.75, 3.05) is 5.32 Å². The lowest BCUT2D eigenvalue weighted by atomic mass is 10.1. The first-order valence-corrected chi connectivity index (χ1v) is 11.6. The molecule has 1 aliphatic rings. The maximum atomic E-state index is 12.8. The van der Waals surface area contributed by atoms with Gasteiger partial charge in [0.25, 0.3) is 17.5 Å². The summed E-state index contributed by atoms with van der Waals surface area (Å²) in [7, 11) is 0. The number of amides is 4. The number of nitrogens with zero attached hydrogens (tertiary/aromatic N) is 3. The number of thiophene rings is 1. The predicted octanol–water partition coefficient (Wildman–Crippen LogP) is 3.04. The number of benzene rings is 1. The Morgan fingerprint density at radius 2 is 1.97 bits per heavy atom. The molecule has 4 amide bonds. The number of nitro benzene ring substituents is 1. The minimum Gasteiger partial charge on any atom is -0.351 e. The highest BCUT2D eigenvalue weighted by atomic mass is 32.1. The number of carbonyl (C=O) groups excluding carboxylic acids is 4. The number of aromatic nitrogens is 1. The number of nitrogens with one attached hydrogen (secondary N) is 2. The standard InChI is InChI=1S/C21H17N5O6S2/c1-10(25-19(29)13-4-3-5-15(26(31)32)17(13)20(25)30)18(28)24-21-23-14(9-33-21)16-7-6-12(34-16)8-22-11(2)27/h3-7,9-10H,8H2,1-2H3,(H,22,27)(H,23,24,28). The third-order valence-corrected chi connectivity index (χ3v) is 6.91. The molecule has 3 aromatic rings. The van der Waals surface area contributed by atoms with Crippen LogP contribution in [0.1, 0.15) is 39.4 Å². The number of nitro groups is 1. The molecular formula is C21H17N5O6S2. The van der Waals surface area contributed by atoms with Crippen molar-refractivity contribution in [3.63, 3.8) is 0 Å². The van der Waals surface area contributed by atoms with E-state index in [0.717, 1.165) is 20.7 Å². The molecule has 0 radical (unpaired) electrons. The molecule has 0 spiro atoms. The van der Waals surface area contributed by atoms with Crippen LogP contribution >= 0.6 is 22.7 Å². The van der Waals surface area contributed by atoms with E-state index < -0.39 is 34.4 Å². The molecule has 0 fully saturated rings. The number of fused-ring (bicyclic) bond motifs is 1. The Balaban J connectivity index is 1.47. The van der Waals surface area contributed by atoms with E-state index in [2.05, 4.69) is 15.6 Å². The number of hydrogen-bond acceptors (Lipinski definition) is 9. The first-order chi connectivity index (χ1) is 16.2. The zero-order chi connectivity index (χ0) is 24.6. The van der Waals surface area contributed by atoms with E-state index in [-0.39, 0.29) is 22.2 Å². The minimum absolute atomic E-state index is 0.108. The Kier molecular flexibility index (Phi) is 6.22. The van der Waals surface area contributed by atoms with Gasteiger partial charge in [-0.25, -0.2) is 4.98 Å².